The first kappa shape index (κ1) is 10.4. The van der Waals surface area contributed by atoms with Crippen molar-refractivity contribution in [3.05, 3.63) is 28.8 Å². The number of nitrogens with zero attached hydrogens (tertiary/aromatic N) is 1. The molecular weight excluding hydrogens is 195 g/mol. The van der Waals surface area contributed by atoms with E-state index in [-0.39, 0.29) is 11.1 Å². The van der Waals surface area contributed by atoms with Crippen LogP contribution in [0, 0.1) is 5.82 Å². The molecule has 13 heavy (non-hydrogen) atoms. The highest BCUT2D eigenvalue weighted by Gasteiger charge is 2.09. The van der Waals surface area contributed by atoms with Gasteiger partial charge in [0.1, 0.15) is 0 Å². The van der Waals surface area contributed by atoms with Crippen LogP contribution in [0.25, 0.3) is 0 Å². The Morgan fingerprint density at radius 1 is 1.77 bits per heavy atom. The maximum Gasteiger partial charge on any atom is 0.160 e. The molecule has 1 aromatic rings. The molecule has 1 aromatic heterocycles. The number of hydrogen-bond donors (Lipinski definition) is 1. The number of ether oxygens (including phenoxy) is 1. The van der Waals surface area contributed by atoms with Crippen molar-refractivity contribution in [1.29, 1.82) is 0 Å². The van der Waals surface area contributed by atoms with Gasteiger partial charge in [-0.3, -0.25) is 4.98 Å². The maximum absolute atomic E-state index is 12.7. The molecule has 0 aromatic carbocycles. The summed E-state index contributed by atoms with van der Waals surface area (Å²) in [5, 5.41) is 0.0246. The number of nitrogens with two attached hydrogens (primary N) is 1. The molecule has 1 atom stereocenters. The van der Waals surface area contributed by atoms with E-state index in [1.54, 1.807) is 0 Å². The van der Waals surface area contributed by atoms with E-state index in [0.29, 0.717) is 12.3 Å². The first-order chi connectivity index (χ1) is 6.15. The average Bonchev–Trinajstić information content (AvgIpc) is 2.10. The van der Waals surface area contributed by atoms with Gasteiger partial charge in [0.05, 0.1) is 29.6 Å². The Kier molecular flexibility index (Phi) is 3.59. The predicted octanol–water partition coefficient (Wildman–Crippen LogP) is 1.52. The van der Waals surface area contributed by atoms with E-state index in [4.69, 9.17) is 22.1 Å². The highest BCUT2D eigenvalue weighted by Crippen LogP contribution is 2.17. The molecule has 0 radical (unpaired) electrons. The van der Waals surface area contributed by atoms with Gasteiger partial charge < -0.3 is 10.5 Å². The monoisotopic (exact) mass is 204 g/mol. The van der Waals surface area contributed by atoms with Gasteiger partial charge in [-0.15, -0.1) is 0 Å². The summed E-state index contributed by atoms with van der Waals surface area (Å²) in [4.78, 5) is 3.79. The first-order valence-corrected chi connectivity index (χ1v) is 4.08. The van der Waals surface area contributed by atoms with Crippen molar-refractivity contribution in [3.63, 3.8) is 0 Å². The molecule has 0 aliphatic carbocycles. The van der Waals surface area contributed by atoms with E-state index in [0.717, 1.165) is 6.20 Å². The summed E-state index contributed by atoms with van der Waals surface area (Å²) in [5.41, 5.74) is 6.18. The summed E-state index contributed by atoms with van der Waals surface area (Å²) in [5.74, 6) is -0.546. The average molecular weight is 205 g/mol. The zero-order valence-electron chi connectivity index (χ0n) is 7.13. The first-order valence-electron chi connectivity index (χ1n) is 3.70. The van der Waals surface area contributed by atoms with Crippen molar-refractivity contribution in [2.75, 3.05) is 13.7 Å². The van der Waals surface area contributed by atoms with Crippen molar-refractivity contribution in [1.82, 2.24) is 4.98 Å². The second-order valence-electron chi connectivity index (χ2n) is 2.59. The normalized spacial score (nSPS) is 12.9. The molecule has 5 heteroatoms. The summed E-state index contributed by atoms with van der Waals surface area (Å²) >= 11 is 5.55. The Labute approximate surface area is 80.7 Å². The minimum atomic E-state index is -0.546. The van der Waals surface area contributed by atoms with E-state index in [2.05, 4.69) is 4.98 Å². The molecule has 0 unspecified atom stereocenters. The van der Waals surface area contributed by atoms with Crippen LogP contribution in [0.4, 0.5) is 4.39 Å². The van der Waals surface area contributed by atoms with Gasteiger partial charge >= 0.3 is 0 Å². The molecule has 0 aliphatic rings. The molecule has 2 N–H and O–H groups in total. The van der Waals surface area contributed by atoms with Crippen molar-refractivity contribution in [2.45, 2.75) is 6.04 Å². The summed E-state index contributed by atoms with van der Waals surface area (Å²) in [7, 11) is 1.53. The topological polar surface area (TPSA) is 48.1 Å². The fraction of sp³-hybridized carbons (Fsp3) is 0.375. The summed E-state index contributed by atoms with van der Waals surface area (Å²) < 4.78 is 17.5. The lowest BCUT2D eigenvalue weighted by molar-refractivity contribution is 0.179. The quantitative estimate of drug-likeness (QED) is 0.812. The lowest BCUT2D eigenvalue weighted by Crippen LogP contribution is -2.17. The summed E-state index contributed by atoms with van der Waals surface area (Å²) in [6, 6.07) is 1.03. The van der Waals surface area contributed by atoms with Crippen LogP contribution in [0.3, 0.4) is 0 Å². The third-order valence-corrected chi connectivity index (χ3v) is 1.85. The summed E-state index contributed by atoms with van der Waals surface area (Å²) in [6.07, 6.45) is 1.05. The molecule has 0 saturated carbocycles. The van der Waals surface area contributed by atoms with Gasteiger partial charge in [-0.05, 0) is 6.07 Å². The van der Waals surface area contributed by atoms with Crippen LogP contribution >= 0.6 is 11.6 Å². The smallest absolute Gasteiger partial charge is 0.160 e. The highest BCUT2D eigenvalue weighted by atomic mass is 35.5. The fourth-order valence-electron chi connectivity index (χ4n) is 0.897. The lowest BCUT2D eigenvalue weighted by atomic mass is 10.2. The maximum atomic E-state index is 12.7. The predicted molar refractivity (Wildman–Crippen MR) is 48.0 cm³/mol. The van der Waals surface area contributed by atoms with Gasteiger partial charge in [0.15, 0.2) is 5.82 Å². The Balaban J connectivity index is 2.84. The van der Waals surface area contributed by atoms with E-state index >= 15 is 0 Å². The van der Waals surface area contributed by atoms with Crippen LogP contribution in [0.2, 0.25) is 5.02 Å². The summed E-state index contributed by atoms with van der Waals surface area (Å²) in [6.45, 7) is 0.328. The molecule has 0 fully saturated rings. The molecule has 0 bridgehead atoms. The SMILES string of the molecule is COC[C@H](N)c1cc(Cl)c(F)cn1. The van der Waals surface area contributed by atoms with Gasteiger partial charge in [0, 0.05) is 7.11 Å². The van der Waals surface area contributed by atoms with Crippen LogP contribution < -0.4 is 5.73 Å². The van der Waals surface area contributed by atoms with Gasteiger partial charge in [0.25, 0.3) is 0 Å². The molecule has 0 aliphatic heterocycles. The number of hydrogen-bond acceptors (Lipinski definition) is 3. The fourth-order valence-corrected chi connectivity index (χ4v) is 1.06. The van der Waals surface area contributed by atoms with Crippen molar-refractivity contribution < 1.29 is 9.13 Å². The molecule has 0 saturated heterocycles. The van der Waals surface area contributed by atoms with Gasteiger partial charge in [-0.1, -0.05) is 11.6 Å². The second kappa shape index (κ2) is 4.50. The van der Waals surface area contributed by atoms with Crippen molar-refractivity contribution in [2.24, 2.45) is 5.73 Å². The van der Waals surface area contributed by atoms with E-state index in [1.165, 1.54) is 13.2 Å². The van der Waals surface area contributed by atoms with Crippen LogP contribution in [-0.4, -0.2) is 18.7 Å². The largest absolute Gasteiger partial charge is 0.383 e. The van der Waals surface area contributed by atoms with Crippen LogP contribution in [0.5, 0.6) is 0 Å². The van der Waals surface area contributed by atoms with Crippen molar-refractivity contribution in [3.8, 4) is 0 Å². The third-order valence-electron chi connectivity index (χ3n) is 1.56. The Morgan fingerprint density at radius 2 is 2.46 bits per heavy atom. The van der Waals surface area contributed by atoms with Crippen molar-refractivity contribution >= 4 is 11.6 Å². The van der Waals surface area contributed by atoms with Gasteiger partial charge in [0.2, 0.25) is 0 Å². The molecule has 1 heterocycles. The number of pyridine rings is 1. The molecule has 1 rings (SSSR count). The lowest BCUT2D eigenvalue weighted by Gasteiger charge is -2.09. The molecule has 3 nitrogen and oxygen atoms in total. The number of aromatic nitrogens is 1. The highest BCUT2D eigenvalue weighted by molar-refractivity contribution is 6.30. The number of rotatable bonds is 3. The Morgan fingerprint density at radius 3 is 3.00 bits per heavy atom. The van der Waals surface area contributed by atoms with Crippen LogP contribution in [0.1, 0.15) is 11.7 Å². The Hall–Kier alpha value is -0.710. The standard InChI is InChI=1S/C8H10ClFN2O/c1-13-4-7(11)8-2-5(9)6(10)3-12-8/h2-3,7H,4,11H2,1H3/t7-/m0/s1. The molecule has 0 amide bonds. The number of halogens is 2. The van der Waals surface area contributed by atoms with Gasteiger partial charge in [-0.2, -0.15) is 0 Å². The second-order valence-corrected chi connectivity index (χ2v) is 2.99. The van der Waals surface area contributed by atoms with Crippen LogP contribution in [-0.2, 0) is 4.74 Å². The van der Waals surface area contributed by atoms with E-state index in [1.807, 2.05) is 0 Å². The molecule has 0 spiro atoms. The van der Waals surface area contributed by atoms with Crippen LogP contribution in [0.15, 0.2) is 12.3 Å². The van der Waals surface area contributed by atoms with E-state index < -0.39 is 5.82 Å². The Bertz CT molecular complexity index is 295. The van der Waals surface area contributed by atoms with E-state index in [9.17, 15) is 4.39 Å². The number of methoxy groups -OCH3 is 1. The minimum absolute atomic E-state index is 0.0246. The zero-order valence-corrected chi connectivity index (χ0v) is 7.88. The minimum Gasteiger partial charge on any atom is -0.383 e. The zero-order chi connectivity index (χ0) is 9.84. The molecule has 72 valence electrons. The third kappa shape index (κ3) is 2.62. The van der Waals surface area contributed by atoms with Gasteiger partial charge in [-0.25, -0.2) is 4.39 Å². The molecular formula is C8H10ClFN2O.